The molecule has 1 N–H and O–H groups in total. The predicted molar refractivity (Wildman–Crippen MR) is 101 cm³/mol. The van der Waals surface area contributed by atoms with Crippen molar-refractivity contribution in [1.29, 1.82) is 0 Å². The van der Waals surface area contributed by atoms with Gasteiger partial charge in [-0.25, -0.2) is 4.68 Å². The molecule has 1 aliphatic heterocycles. The first-order valence-corrected chi connectivity index (χ1v) is 9.02. The quantitative estimate of drug-likeness (QED) is 0.840. The summed E-state index contributed by atoms with van der Waals surface area (Å²) in [6.45, 7) is 3.81. The van der Waals surface area contributed by atoms with Crippen LogP contribution < -0.4 is 5.32 Å². The van der Waals surface area contributed by atoms with Crippen molar-refractivity contribution in [2.45, 2.75) is 19.8 Å². The summed E-state index contributed by atoms with van der Waals surface area (Å²) >= 11 is 0. The Morgan fingerprint density at radius 2 is 1.96 bits per heavy atom. The van der Waals surface area contributed by atoms with Crippen LogP contribution in [0.25, 0.3) is 11.8 Å². The lowest BCUT2D eigenvalue weighted by atomic mass is 9.96. The van der Waals surface area contributed by atoms with E-state index in [0.29, 0.717) is 19.6 Å². The fourth-order valence-electron chi connectivity index (χ4n) is 3.10. The number of hydrogen-bond acceptors (Lipinski definition) is 3. The molecule has 0 radical (unpaired) electrons. The zero-order valence-corrected chi connectivity index (χ0v) is 15.0. The highest BCUT2D eigenvalue weighted by molar-refractivity contribution is 5.92. The average molecular weight is 352 g/mol. The molecule has 1 saturated heterocycles. The molecule has 0 spiro atoms. The molecule has 0 unspecified atom stereocenters. The van der Waals surface area contributed by atoms with Gasteiger partial charge in [0.05, 0.1) is 11.9 Å². The summed E-state index contributed by atoms with van der Waals surface area (Å²) in [6, 6.07) is 9.83. The average Bonchev–Trinajstić information content (AvgIpc) is 3.16. The molecule has 1 fully saturated rings. The number of amides is 2. The van der Waals surface area contributed by atoms with Crippen LogP contribution in [0.4, 0.5) is 0 Å². The van der Waals surface area contributed by atoms with Crippen LogP contribution in [0.5, 0.6) is 0 Å². The molecule has 1 aromatic carbocycles. The molecule has 136 valence electrons. The van der Waals surface area contributed by atoms with Crippen molar-refractivity contribution >= 4 is 17.9 Å². The van der Waals surface area contributed by atoms with Crippen LogP contribution in [0.15, 0.2) is 48.8 Å². The van der Waals surface area contributed by atoms with E-state index in [1.165, 1.54) is 0 Å². The number of nitrogens with zero attached hydrogens (tertiary/aromatic N) is 3. The number of aromatic nitrogens is 2. The van der Waals surface area contributed by atoms with E-state index in [2.05, 4.69) is 10.4 Å². The molecule has 1 aliphatic rings. The van der Waals surface area contributed by atoms with Crippen LogP contribution in [0.3, 0.4) is 0 Å². The van der Waals surface area contributed by atoms with Crippen LogP contribution in [0, 0.1) is 5.92 Å². The SMILES string of the molecule is CCNC(=O)C1CCN(C(=O)/C=C/c2cnn(-c3ccccc3)c2)CC1. The zero-order valence-electron chi connectivity index (χ0n) is 15.0. The van der Waals surface area contributed by atoms with Gasteiger partial charge >= 0.3 is 0 Å². The van der Waals surface area contributed by atoms with Gasteiger partial charge in [0.15, 0.2) is 0 Å². The number of rotatable bonds is 5. The van der Waals surface area contributed by atoms with E-state index >= 15 is 0 Å². The van der Waals surface area contributed by atoms with E-state index in [9.17, 15) is 9.59 Å². The van der Waals surface area contributed by atoms with E-state index in [4.69, 9.17) is 0 Å². The number of carbonyl (C=O) groups is 2. The smallest absolute Gasteiger partial charge is 0.246 e. The molecule has 2 heterocycles. The highest BCUT2D eigenvalue weighted by atomic mass is 16.2. The van der Waals surface area contributed by atoms with Crippen LogP contribution in [-0.2, 0) is 9.59 Å². The first-order valence-electron chi connectivity index (χ1n) is 9.02. The molecule has 26 heavy (non-hydrogen) atoms. The fourth-order valence-corrected chi connectivity index (χ4v) is 3.10. The Labute approximate surface area is 153 Å². The van der Waals surface area contributed by atoms with Gasteiger partial charge in [0.2, 0.25) is 11.8 Å². The van der Waals surface area contributed by atoms with E-state index in [1.807, 2.05) is 43.5 Å². The largest absolute Gasteiger partial charge is 0.356 e. The van der Waals surface area contributed by atoms with Crippen LogP contribution in [0.2, 0.25) is 0 Å². The first-order chi connectivity index (χ1) is 12.7. The highest BCUT2D eigenvalue weighted by Crippen LogP contribution is 2.18. The minimum absolute atomic E-state index is 0.0204. The number of hydrogen-bond donors (Lipinski definition) is 1. The summed E-state index contributed by atoms with van der Waals surface area (Å²) in [4.78, 5) is 26.0. The van der Waals surface area contributed by atoms with Gasteiger partial charge in [-0.05, 0) is 38.0 Å². The summed E-state index contributed by atoms with van der Waals surface area (Å²) in [5, 5.41) is 7.18. The third-order valence-corrected chi connectivity index (χ3v) is 4.57. The Morgan fingerprint density at radius 3 is 2.65 bits per heavy atom. The topological polar surface area (TPSA) is 67.2 Å². The van der Waals surface area contributed by atoms with Crippen LogP contribution in [0.1, 0.15) is 25.3 Å². The van der Waals surface area contributed by atoms with Crippen LogP contribution in [-0.4, -0.2) is 46.1 Å². The second-order valence-electron chi connectivity index (χ2n) is 6.38. The maximum Gasteiger partial charge on any atom is 0.246 e. The van der Waals surface area contributed by atoms with Crippen molar-refractivity contribution in [3.05, 3.63) is 54.4 Å². The van der Waals surface area contributed by atoms with Crippen molar-refractivity contribution in [2.75, 3.05) is 19.6 Å². The zero-order chi connectivity index (χ0) is 18.4. The summed E-state index contributed by atoms with van der Waals surface area (Å²) in [5.74, 6) is 0.0994. The van der Waals surface area contributed by atoms with Gasteiger partial charge in [-0.2, -0.15) is 5.10 Å². The molecule has 6 nitrogen and oxygen atoms in total. The second-order valence-corrected chi connectivity index (χ2v) is 6.38. The van der Waals surface area contributed by atoms with Gasteiger partial charge in [0.1, 0.15) is 0 Å². The van der Waals surface area contributed by atoms with Gasteiger partial charge in [-0.15, -0.1) is 0 Å². The lowest BCUT2D eigenvalue weighted by Gasteiger charge is -2.30. The molecule has 1 aromatic heterocycles. The number of nitrogens with one attached hydrogen (secondary N) is 1. The Hall–Kier alpha value is -2.89. The molecule has 0 saturated carbocycles. The number of carbonyl (C=O) groups excluding carboxylic acids is 2. The van der Waals surface area contributed by atoms with Crippen LogP contribution >= 0.6 is 0 Å². The van der Waals surface area contributed by atoms with E-state index in [1.54, 1.807) is 27.9 Å². The van der Waals surface area contributed by atoms with Crippen molar-refractivity contribution in [3.8, 4) is 5.69 Å². The van der Waals surface area contributed by atoms with Crippen molar-refractivity contribution in [2.24, 2.45) is 5.92 Å². The molecular formula is C20H24N4O2. The molecule has 6 heteroatoms. The lowest BCUT2D eigenvalue weighted by Crippen LogP contribution is -2.42. The molecule has 2 amide bonds. The van der Waals surface area contributed by atoms with E-state index in [-0.39, 0.29) is 17.7 Å². The lowest BCUT2D eigenvalue weighted by molar-refractivity contribution is -0.132. The van der Waals surface area contributed by atoms with Gasteiger partial charge in [0, 0.05) is 43.4 Å². The molecule has 0 atom stereocenters. The first kappa shape index (κ1) is 17.9. The van der Waals surface area contributed by atoms with Gasteiger partial charge in [-0.1, -0.05) is 18.2 Å². The summed E-state index contributed by atoms with van der Waals surface area (Å²) in [5.41, 5.74) is 1.85. The fraction of sp³-hybridized carbons (Fsp3) is 0.350. The standard InChI is InChI=1S/C20H24N4O2/c1-2-21-20(26)17-10-12-23(13-11-17)19(25)9-8-16-14-22-24(15-16)18-6-4-3-5-7-18/h3-9,14-15,17H,2,10-13H2,1H3,(H,21,26)/b9-8+. The molecule has 3 rings (SSSR count). The monoisotopic (exact) mass is 352 g/mol. The Balaban J connectivity index is 1.54. The normalized spacial score (nSPS) is 15.3. The van der Waals surface area contributed by atoms with Gasteiger partial charge in [-0.3, -0.25) is 9.59 Å². The van der Waals surface area contributed by atoms with E-state index in [0.717, 1.165) is 24.1 Å². The van der Waals surface area contributed by atoms with Gasteiger partial charge < -0.3 is 10.2 Å². The number of piperidine rings is 1. The van der Waals surface area contributed by atoms with Gasteiger partial charge in [0.25, 0.3) is 0 Å². The Kier molecular flexibility index (Phi) is 5.84. The predicted octanol–water partition coefficient (Wildman–Crippen LogP) is 2.26. The number of benzene rings is 1. The summed E-state index contributed by atoms with van der Waals surface area (Å²) in [7, 11) is 0. The third-order valence-electron chi connectivity index (χ3n) is 4.57. The molecule has 0 aliphatic carbocycles. The maximum absolute atomic E-state index is 12.4. The minimum Gasteiger partial charge on any atom is -0.356 e. The van der Waals surface area contributed by atoms with E-state index < -0.39 is 0 Å². The number of para-hydroxylation sites is 1. The molecular weight excluding hydrogens is 328 g/mol. The Morgan fingerprint density at radius 1 is 1.23 bits per heavy atom. The minimum atomic E-state index is -0.0215. The maximum atomic E-state index is 12.4. The van der Waals surface area contributed by atoms with Crippen molar-refractivity contribution < 1.29 is 9.59 Å². The highest BCUT2D eigenvalue weighted by Gasteiger charge is 2.26. The third kappa shape index (κ3) is 4.39. The van der Waals surface area contributed by atoms with Crippen molar-refractivity contribution in [3.63, 3.8) is 0 Å². The summed E-state index contributed by atoms with van der Waals surface area (Å²) < 4.78 is 1.78. The molecule has 2 aromatic rings. The number of likely N-dealkylation sites (tertiary alicyclic amines) is 1. The Bertz CT molecular complexity index is 774. The second kappa shape index (κ2) is 8.47. The molecule has 0 bridgehead atoms. The van der Waals surface area contributed by atoms with Crippen molar-refractivity contribution in [1.82, 2.24) is 20.0 Å². The summed E-state index contributed by atoms with van der Waals surface area (Å²) in [6.07, 6.45) is 8.43.